The molecule has 1 aromatic carbocycles. The summed E-state index contributed by atoms with van der Waals surface area (Å²) in [4.78, 5) is 30.4. The maximum absolute atomic E-state index is 13.0. The standard InChI is InChI=1S/C22H29N3O2/c1-13(2)20-23-18-8-6-5-7-16(18)21(27)25(20)24-19(26)11-14-9-10-15-12-17(14)22(15,3)4/h5-8,13-15,17H,9-12H2,1-4H3,(H,24,26)/t14-,15-,17+/m0/s1. The fourth-order valence-corrected chi connectivity index (χ4v) is 5.26. The molecule has 1 amide bonds. The molecule has 5 heteroatoms. The molecule has 3 saturated carbocycles. The third-order valence-corrected chi connectivity index (χ3v) is 7.00. The molecular weight excluding hydrogens is 338 g/mol. The first kappa shape index (κ1) is 18.2. The van der Waals surface area contributed by atoms with Crippen molar-refractivity contribution in [2.75, 3.05) is 5.43 Å². The number of para-hydroxylation sites is 1. The molecule has 0 saturated heterocycles. The fraction of sp³-hybridized carbons (Fsp3) is 0.591. The normalized spacial score (nSPS) is 26.0. The number of carbonyl (C=O) groups is 1. The Labute approximate surface area is 160 Å². The Balaban J connectivity index is 1.59. The molecule has 1 heterocycles. The van der Waals surface area contributed by atoms with E-state index in [9.17, 15) is 9.59 Å². The van der Waals surface area contributed by atoms with Gasteiger partial charge >= 0.3 is 0 Å². The molecule has 5 nitrogen and oxygen atoms in total. The first-order chi connectivity index (χ1) is 12.8. The van der Waals surface area contributed by atoms with Gasteiger partial charge in [0.25, 0.3) is 5.56 Å². The smallest absolute Gasteiger partial charge is 0.273 e. The number of nitrogens with zero attached hydrogens (tertiary/aromatic N) is 2. The van der Waals surface area contributed by atoms with Gasteiger partial charge in [0.05, 0.1) is 10.9 Å². The van der Waals surface area contributed by atoms with Gasteiger partial charge in [-0.25, -0.2) is 9.66 Å². The monoisotopic (exact) mass is 367 g/mol. The lowest BCUT2D eigenvalue weighted by molar-refractivity contribution is -0.129. The highest BCUT2D eigenvalue weighted by Crippen LogP contribution is 2.61. The topological polar surface area (TPSA) is 64.0 Å². The first-order valence-corrected chi connectivity index (χ1v) is 10.1. The van der Waals surface area contributed by atoms with Crippen molar-refractivity contribution in [2.24, 2.45) is 23.2 Å². The number of rotatable bonds is 4. The quantitative estimate of drug-likeness (QED) is 0.886. The second-order valence-electron chi connectivity index (χ2n) is 9.22. The van der Waals surface area contributed by atoms with Crippen LogP contribution < -0.4 is 11.0 Å². The molecule has 0 unspecified atom stereocenters. The lowest BCUT2D eigenvalue weighted by Crippen LogP contribution is -2.53. The zero-order valence-corrected chi connectivity index (χ0v) is 16.7. The second-order valence-corrected chi connectivity index (χ2v) is 9.22. The van der Waals surface area contributed by atoms with E-state index in [1.807, 2.05) is 32.0 Å². The third-order valence-electron chi connectivity index (χ3n) is 7.00. The number of nitrogens with one attached hydrogen (secondary N) is 1. The Kier molecular flexibility index (Phi) is 4.36. The number of hydrogen-bond donors (Lipinski definition) is 1. The predicted octanol–water partition coefficient (Wildman–Crippen LogP) is 4.05. The molecule has 0 spiro atoms. The SMILES string of the molecule is CC(C)c1nc2ccccc2c(=O)n1NC(=O)C[C@@H]1CC[C@H]2C[C@H]1C2(C)C. The van der Waals surface area contributed by atoms with Gasteiger partial charge in [-0.3, -0.25) is 15.0 Å². The zero-order chi connectivity index (χ0) is 19.3. The van der Waals surface area contributed by atoms with Gasteiger partial charge in [-0.2, -0.15) is 0 Å². The average Bonchev–Trinajstić information content (AvgIpc) is 2.63. The van der Waals surface area contributed by atoms with Crippen LogP contribution in [0.25, 0.3) is 10.9 Å². The Morgan fingerprint density at radius 1 is 1.30 bits per heavy atom. The highest BCUT2D eigenvalue weighted by molar-refractivity contribution is 5.85. The maximum atomic E-state index is 13.0. The summed E-state index contributed by atoms with van der Waals surface area (Å²) < 4.78 is 1.37. The molecule has 3 atom stereocenters. The van der Waals surface area contributed by atoms with Crippen LogP contribution in [0.1, 0.15) is 65.1 Å². The van der Waals surface area contributed by atoms with Crippen LogP contribution in [0.2, 0.25) is 0 Å². The molecule has 2 aromatic rings. The molecule has 27 heavy (non-hydrogen) atoms. The molecule has 1 aromatic heterocycles. The van der Waals surface area contributed by atoms with Crippen LogP contribution in [0.5, 0.6) is 0 Å². The van der Waals surface area contributed by atoms with Gasteiger partial charge in [-0.15, -0.1) is 0 Å². The fourth-order valence-electron chi connectivity index (χ4n) is 5.26. The molecule has 5 rings (SSSR count). The molecule has 144 valence electrons. The Morgan fingerprint density at radius 3 is 2.70 bits per heavy atom. The van der Waals surface area contributed by atoms with E-state index in [1.165, 1.54) is 17.5 Å². The van der Waals surface area contributed by atoms with E-state index in [2.05, 4.69) is 24.3 Å². The summed E-state index contributed by atoms with van der Waals surface area (Å²) >= 11 is 0. The van der Waals surface area contributed by atoms with Crippen LogP contribution in [-0.2, 0) is 4.79 Å². The van der Waals surface area contributed by atoms with Gasteiger partial charge in [0, 0.05) is 12.3 Å². The Hall–Kier alpha value is -2.17. The molecule has 3 fully saturated rings. The molecule has 3 aliphatic carbocycles. The van der Waals surface area contributed by atoms with Crippen LogP contribution in [0, 0.1) is 23.2 Å². The number of benzene rings is 1. The van der Waals surface area contributed by atoms with Gasteiger partial charge < -0.3 is 0 Å². The van der Waals surface area contributed by atoms with E-state index in [4.69, 9.17) is 0 Å². The lowest BCUT2D eigenvalue weighted by Gasteiger charge is -2.60. The highest BCUT2D eigenvalue weighted by atomic mass is 16.2. The summed E-state index contributed by atoms with van der Waals surface area (Å²) in [6.07, 6.45) is 4.07. The Morgan fingerprint density at radius 2 is 2.04 bits per heavy atom. The minimum atomic E-state index is -0.203. The zero-order valence-electron chi connectivity index (χ0n) is 16.7. The van der Waals surface area contributed by atoms with Crippen molar-refractivity contribution < 1.29 is 4.79 Å². The van der Waals surface area contributed by atoms with Crippen molar-refractivity contribution in [1.82, 2.24) is 9.66 Å². The predicted molar refractivity (Wildman–Crippen MR) is 107 cm³/mol. The summed E-state index contributed by atoms with van der Waals surface area (Å²) in [6.45, 7) is 8.64. The average molecular weight is 367 g/mol. The van der Waals surface area contributed by atoms with Gasteiger partial charge in [0.2, 0.25) is 5.91 Å². The first-order valence-electron chi connectivity index (χ1n) is 10.1. The van der Waals surface area contributed by atoms with Crippen LogP contribution >= 0.6 is 0 Å². The summed E-state index contributed by atoms with van der Waals surface area (Å²) in [6, 6.07) is 7.30. The number of hydrogen-bond acceptors (Lipinski definition) is 3. The lowest BCUT2D eigenvalue weighted by atomic mass is 9.45. The third kappa shape index (κ3) is 2.97. The van der Waals surface area contributed by atoms with Crippen molar-refractivity contribution in [2.45, 2.75) is 59.3 Å². The van der Waals surface area contributed by atoms with Crippen LogP contribution in [-0.4, -0.2) is 15.6 Å². The minimum absolute atomic E-state index is 0.0311. The molecule has 3 aliphatic rings. The van der Waals surface area contributed by atoms with Gasteiger partial charge in [-0.1, -0.05) is 39.8 Å². The van der Waals surface area contributed by atoms with Gasteiger partial charge in [0.1, 0.15) is 5.82 Å². The molecule has 0 radical (unpaired) electrons. The summed E-state index contributed by atoms with van der Waals surface area (Å²) in [5, 5.41) is 0.530. The van der Waals surface area contributed by atoms with Crippen molar-refractivity contribution in [1.29, 1.82) is 0 Å². The van der Waals surface area contributed by atoms with Crippen LogP contribution in [0.4, 0.5) is 0 Å². The largest absolute Gasteiger partial charge is 0.280 e. The minimum Gasteiger partial charge on any atom is -0.273 e. The van der Waals surface area contributed by atoms with Crippen molar-refractivity contribution in [3.8, 4) is 0 Å². The number of amides is 1. The van der Waals surface area contributed by atoms with Crippen LogP contribution in [0.15, 0.2) is 29.1 Å². The maximum Gasteiger partial charge on any atom is 0.280 e. The number of aromatic nitrogens is 2. The molecule has 1 N–H and O–H groups in total. The van der Waals surface area contributed by atoms with Crippen molar-refractivity contribution >= 4 is 16.8 Å². The van der Waals surface area contributed by atoms with E-state index in [0.717, 1.165) is 12.3 Å². The Bertz CT molecular complexity index is 942. The van der Waals surface area contributed by atoms with E-state index >= 15 is 0 Å². The van der Waals surface area contributed by atoms with Gasteiger partial charge in [-0.05, 0) is 54.6 Å². The highest BCUT2D eigenvalue weighted by Gasteiger charge is 2.54. The van der Waals surface area contributed by atoms with E-state index in [1.54, 1.807) is 6.07 Å². The van der Waals surface area contributed by atoms with E-state index in [0.29, 0.717) is 40.4 Å². The van der Waals surface area contributed by atoms with Crippen LogP contribution in [0.3, 0.4) is 0 Å². The summed E-state index contributed by atoms with van der Waals surface area (Å²) in [5.41, 5.74) is 3.69. The molecular formula is C22H29N3O2. The molecule has 0 aliphatic heterocycles. The number of fused-ring (bicyclic) bond motifs is 3. The number of carbonyl (C=O) groups excluding carboxylic acids is 1. The van der Waals surface area contributed by atoms with E-state index in [-0.39, 0.29) is 17.4 Å². The van der Waals surface area contributed by atoms with Crippen molar-refractivity contribution in [3.05, 3.63) is 40.4 Å². The summed E-state index contributed by atoms with van der Waals surface area (Å²) in [7, 11) is 0. The van der Waals surface area contributed by atoms with Gasteiger partial charge in [0.15, 0.2) is 0 Å². The summed E-state index contributed by atoms with van der Waals surface area (Å²) in [5.74, 6) is 2.40. The van der Waals surface area contributed by atoms with Crippen molar-refractivity contribution in [3.63, 3.8) is 0 Å². The second kappa shape index (κ2) is 6.47. The van der Waals surface area contributed by atoms with E-state index < -0.39 is 0 Å². The molecule has 2 bridgehead atoms.